The van der Waals surface area contributed by atoms with Crippen molar-refractivity contribution >= 4 is 11.8 Å². The van der Waals surface area contributed by atoms with Gasteiger partial charge in [0.05, 0.1) is 12.7 Å². The normalized spacial score (nSPS) is 14.5. The summed E-state index contributed by atoms with van der Waals surface area (Å²) in [6.07, 6.45) is 1.44. The zero-order valence-electron chi connectivity index (χ0n) is 15.4. The molecule has 0 saturated carbocycles. The first-order chi connectivity index (χ1) is 13.2. The average molecular weight is 368 g/mol. The Balaban J connectivity index is 1.46. The Labute approximate surface area is 159 Å². The fourth-order valence-corrected chi connectivity index (χ4v) is 3.12. The largest absolute Gasteiger partial charge is 0.496 e. The van der Waals surface area contributed by atoms with Gasteiger partial charge in [-0.3, -0.25) is 9.59 Å². The van der Waals surface area contributed by atoms with E-state index in [1.54, 1.807) is 24.1 Å². The second-order valence-corrected chi connectivity index (χ2v) is 6.43. The van der Waals surface area contributed by atoms with E-state index in [-0.39, 0.29) is 24.5 Å². The molecule has 0 atom stereocenters. The molecule has 27 heavy (non-hydrogen) atoms. The van der Waals surface area contributed by atoms with Crippen LogP contribution in [0, 0.1) is 0 Å². The zero-order valence-corrected chi connectivity index (χ0v) is 15.4. The third kappa shape index (κ3) is 5.00. The topological polar surface area (TPSA) is 67.9 Å². The summed E-state index contributed by atoms with van der Waals surface area (Å²) in [6, 6.07) is 16.5. The Morgan fingerprint density at radius 1 is 1.04 bits per heavy atom. The summed E-state index contributed by atoms with van der Waals surface area (Å²) in [6.45, 7) is 1.24. The quantitative estimate of drug-likeness (QED) is 0.851. The number of likely N-dealkylation sites (tertiary alicyclic amines) is 1. The summed E-state index contributed by atoms with van der Waals surface area (Å²) in [5.41, 5.74) is 0.523. The van der Waals surface area contributed by atoms with Crippen LogP contribution in [0.2, 0.25) is 0 Å². The number of methoxy groups -OCH3 is 1. The van der Waals surface area contributed by atoms with E-state index in [2.05, 4.69) is 5.32 Å². The molecule has 0 unspecified atom stereocenters. The fraction of sp³-hybridized carbons (Fsp3) is 0.333. The van der Waals surface area contributed by atoms with Crippen LogP contribution < -0.4 is 14.8 Å². The lowest BCUT2D eigenvalue weighted by Crippen LogP contribution is -2.47. The highest BCUT2D eigenvalue weighted by Crippen LogP contribution is 2.18. The minimum atomic E-state index is -0.148. The van der Waals surface area contributed by atoms with E-state index in [9.17, 15) is 9.59 Å². The maximum Gasteiger partial charge on any atom is 0.260 e. The van der Waals surface area contributed by atoms with Gasteiger partial charge in [-0.25, -0.2) is 0 Å². The van der Waals surface area contributed by atoms with E-state index >= 15 is 0 Å². The number of carbonyl (C=O) groups excluding carboxylic acids is 2. The molecule has 142 valence electrons. The molecule has 2 aromatic rings. The van der Waals surface area contributed by atoms with Crippen LogP contribution in [0.1, 0.15) is 23.2 Å². The van der Waals surface area contributed by atoms with Crippen molar-refractivity contribution in [2.24, 2.45) is 0 Å². The average Bonchev–Trinajstić information content (AvgIpc) is 2.73. The molecule has 0 radical (unpaired) electrons. The number of benzene rings is 2. The van der Waals surface area contributed by atoms with Crippen LogP contribution in [0.3, 0.4) is 0 Å². The number of carbonyl (C=O) groups is 2. The zero-order chi connectivity index (χ0) is 19.1. The molecule has 1 aliphatic heterocycles. The van der Waals surface area contributed by atoms with Crippen LogP contribution >= 0.6 is 0 Å². The van der Waals surface area contributed by atoms with Gasteiger partial charge in [0.1, 0.15) is 11.5 Å². The number of nitrogens with one attached hydrogen (secondary N) is 1. The first kappa shape index (κ1) is 18.8. The fourth-order valence-electron chi connectivity index (χ4n) is 3.12. The number of nitrogens with zero attached hydrogens (tertiary/aromatic N) is 1. The maximum absolute atomic E-state index is 12.5. The summed E-state index contributed by atoms with van der Waals surface area (Å²) in [5, 5.41) is 3.04. The minimum absolute atomic E-state index is 0.0300. The minimum Gasteiger partial charge on any atom is -0.496 e. The van der Waals surface area contributed by atoms with Gasteiger partial charge in [-0.1, -0.05) is 30.3 Å². The van der Waals surface area contributed by atoms with Crippen LogP contribution in [0.25, 0.3) is 0 Å². The SMILES string of the molecule is COc1ccccc1C(=O)NC1CCN(C(=O)COc2ccccc2)CC1. The molecule has 0 aliphatic carbocycles. The number of hydrogen-bond acceptors (Lipinski definition) is 4. The number of para-hydroxylation sites is 2. The van der Waals surface area contributed by atoms with Gasteiger partial charge in [0.25, 0.3) is 11.8 Å². The molecule has 0 aromatic heterocycles. The van der Waals surface area contributed by atoms with Crippen molar-refractivity contribution in [3.05, 3.63) is 60.2 Å². The van der Waals surface area contributed by atoms with Crippen LogP contribution in [-0.4, -0.2) is 49.6 Å². The summed E-state index contributed by atoms with van der Waals surface area (Å²) in [5.74, 6) is 1.06. The van der Waals surface area contributed by atoms with Gasteiger partial charge in [-0.2, -0.15) is 0 Å². The summed E-state index contributed by atoms with van der Waals surface area (Å²) < 4.78 is 10.8. The van der Waals surface area contributed by atoms with Crippen molar-refractivity contribution in [3.63, 3.8) is 0 Å². The predicted molar refractivity (Wildman–Crippen MR) is 102 cm³/mol. The van der Waals surface area contributed by atoms with Gasteiger partial charge in [0, 0.05) is 19.1 Å². The van der Waals surface area contributed by atoms with E-state index in [4.69, 9.17) is 9.47 Å². The molecule has 1 aliphatic rings. The summed E-state index contributed by atoms with van der Waals surface area (Å²) in [7, 11) is 1.55. The van der Waals surface area contributed by atoms with Gasteiger partial charge >= 0.3 is 0 Å². The van der Waals surface area contributed by atoms with Crippen molar-refractivity contribution in [1.82, 2.24) is 10.2 Å². The van der Waals surface area contributed by atoms with Gasteiger partial charge in [0.15, 0.2) is 6.61 Å². The van der Waals surface area contributed by atoms with E-state index in [0.717, 1.165) is 12.8 Å². The lowest BCUT2D eigenvalue weighted by molar-refractivity contribution is -0.134. The molecule has 3 rings (SSSR count). The molecule has 1 heterocycles. The predicted octanol–water partition coefficient (Wildman–Crippen LogP) is 2.50. The second-order valence-electron chi connectivity index (χ2n) is 6.43. The monoisotopic (exact) mass is 368 g/mol. The van der Waals surface area contributed by atoms with Gasteiger partial charge in [-0.05, 0) is 37.1 Å². The molecule has 2 aromatic carbocycles. The van der Waals surface area contributed by atoms with Crippen LogP contribution in [-0.2, 0) is 4.79 Å². The molecule has 1 N–H and O–H groups in total. The maximum atomic E-state index is 12.5. The Hall–Kier alpha value is -3.02. The van der Waals surface area contributed by atoms with Crippen molar-refractivity contribution in [3.8, 4) is 11.5 Å². The summed E-state index contributed by atoms with van der Waals surface area (Å²) in [4.78, 5) is 26.6. The molecule has 1 fully saturated rings. The van der Waals surface area contributed by atoms with Crippen molar-refractivity contribution in [2.45, 2.75) is 18.9 Å². The second kappa shape index (κ2) is 9.07. The molecule has 6 heteroatoms. The first-order valence-electron chi connectivity index (χ1n) is 9.07. The van der Waals surface area contributed by atoms with E-state index in [1.807, 2.05) is 42.5 Å². The van der Waals surface area contributed by atoms with Gasteiger partial charge < -0.3 is 19.7 Å². The Morgan fingerprint density at radius 2 is 1.70 bits per heavy atom. The number of rotatable bonds is 6. The smallest absolute Gasteiger partial charge is 0.260 e. The van der Waals surface area contributed by atoms with Crippen LogP contribution in [0.4, 0.5) is 0 Å². The molecular formula is C21H24N2O4. The number of hydrogen-bond donors (Lipinski definition) is 1. The van der Waals surface area contributed by atoms with Crippen molar-refractivity contribution < 1.29 is 19.1 Å². The molecule has 6 nitrogen and oxygen atoms in total. The van der Waals surface area contributed by atoms with E-state index in [0.29, 0.717) is 30.2 Å². The van der Waals surface area contributed by atoms with E-state index in [1.165, 1.54) is 0 Å². The number of ether oxygens (including phenoxy) is 2. The van der Waals surface area contributed by atoms with Crippen LogP contribution in [0.5, 0.6) is 11.5 Å². The Kier molecular flexibility index (Phi) is 6.30. The van der Waals surface area contributed by atoms with Gasteiger partial charge in [-0.15, -0.1) is 0 Å². The highest BCUT2D eigenvalue weighted by Gasteiger charge is 2.25. The first-order valence-corrected chi connectivity index (χ1v) is 9.07. The van der Waals surface area contributed by atoms with Crippen LogP contribution in [0.15, 0.2) is 54.6 Å². The molecule has 0 spiro atoms. The molecule has 1 saturated heterocycles. The highest BCUT2D eigenvalue weighted by atomic mass is 16.5. The standard InChI is InChI=1S/C21H24N2O4/c1-26-19-10-6-5-9-18(19)21(25)22-16-11-13-23(14-12-16)20(24)15-27-17-7-3-2-4-8-17/h2-10,16H,11-15H2,1H3,(H,22,25). The van der Waals surface area contributed by atoms with Crippen molar-refractivity contribution in [1.29, 1.82) is 0 Å². The van der Waals surface area contributed by atoms with E-state index < -0.39 is 0 Å². The molecule has 2 amide bonds. The lowest BCUT2D eigenvalue weighted by atomic mass is 10.0. The third-order valence-electron chi connectivity index (χ3n) is 4.64. The number of amides is 2. The Morgan fingerprint density at radius 3 is 2.41 bits per heavy atom. The molecule has 0 bridgehead atoms. The van der Waals surface area contributed by atoms with Gasteiger partial charge in [0.2, 0.25) is 0 Å². The highest BCUT2D eigenvalue weighted by molar-refractivity contribution is 5.97. The summed E-state index contributed by atoms with van der Waals surface area (Å²) >= 11 is 0. The lowest BCUT2D eigenvalue weighted by Gasteiger charge is -2.32. The molecular weight excluding hydrogens is 344 g/mol. The third-order valence-corrected chi connectivity index (χ3v) is 4.64. The Bertz CT molecular complexity index is 771. The van der Waals surface area contributed by atoms with Crippen molar-refractivity contribution in [2.75, 3.05) is 26.8 Å². The number of piperidine rings is 1.